The fourth-order valence-electron chi connectivity index (χ4n) is 0.838. The molecule has 0 fully saturated rings. The minimum absolute atomic E-state index is 0. The first-order valence-corrected chi connectivity index (χ1v) is 3.35. The van der Waals surface area contributed by atoms with Crippen molar-refractivity contribution in [2.24, 2.45) is 0 Å². The molecular weight excluding hydrogens is 119 g/mol. The Bertz CT molecular complexity index is 167. The van der Waals surface area contributed by atoms with E-state index in [0.717, 1.165) is 0 Å². The van der Waals surface area contributed by atoms with Gasteiger partial charge in [-0.1, -0.05) is 44.2 Å². The van der Waals surface area contributed by atoms with Gasteiger partial charge in [-0.2, -0.15) is 0 Å². The summed E-state index contributed by atoms with van der Waals surface area (Å²) in [5.41, 5.74) is 1.41. The third kappa shape index (κ3) is 2.26. The quantitative estimate of drug-likeness (QED) is 0.513. The second-order valence-electron chi connectivity index (χ2n) is 2.57. The van der Waals surface area contributed by atoms with Crippen molar-refractivity contribution in [3.05, 3.63) is 35.9 Å². The molecule has 0 unspecified atom stereocenters. The fraction of sp³-hybridized carbons (Fsp3) is 0.333. The Morgan fingerprint density at radius 3 is 1.80 bits per heavy atom. The molecule has 0 N–H and O–H groups in total. The molecule has 1 rings (SSSR count). The van der Waals surface area contributed by atoms with E-state index >= 15 is 0 Å². The van der Waals surface area contributed by atoms with Gasteiger partial charge in [-0.25, -0.2) is 0 Å². The minimum Gasteiger partial charge on any atom is -0.0622 e. The summed E-state index contributed by atoms with van der Waals surface area (Å²) in [5.74, 6) is 0.659. The van der Waals surface area contributed by atoms with Gasteiger partial charge in [0.15, 0.2) is 0 Å². The monoisotopic (exact) mass is 131 g/mol. The van der Waals surface area contributed by atoms with Crippen LogP contribution in [0.15, 0.2) is 30.3 Å². The first-order valence-electron chi connectivity index (χ1n) is 3.35. The van der Waals surface area contributed by atoms with Gasteiger partial charge in [0.1, 0.15) is 0 Å². The zero-order valence-electron chi connectivity index (χ0n) is 6.54. The molecule has 0 heterocycles. The average Bonchev–Trinajstić information content (AvgIpc) is 1.90. The Kier molecular flexibility index (Phi) is 3.86. The van der Waals surface area contributed by atoms with Crippen molar-refractivity contribution in [1.29, 1.82) is 0 Å². The van der Waals surface area contributed by atoms with Crippen LogP contribution in [0, 0.1) is 0 Å². The van der Waals surface area contributed by atoms with E-state index in [1.807, 2.05) is 6.07 Å². The third-order valence-electron chi connectivity index (χ3n) is 1.47. The first-order chi connectivity index (χ1) is 4.30. The molecule has 0 spiro atoms. The van der Waals surface area contributed by atoms with Crippen LogP contribution in [0.2, 0.25) is 0 Å². The highest BCUT2D eigenvalue weighted by Crippen LogP contribution is 2.11. The van der Waals surface area contributed by atoms with Gasteiger partial charge in [0.05, 0.1) is 0 Å². The van der Waals surface area contributed by atoms with E-state index in [1.54, 1.807) is 0 Å². The third-order valence-corrected chi connectivity index (χ3v) is 1.47. The minimum atomic E-state index is 0. The summed E-state index contributed by atoms with van der Waals surface area (Å²) >= 11 is 0. The van der Waals surface area contributed by atoms with Crippen LogP contribution in [0.3, 0.4) is 0 Å². The standard InChI is InChI=1S/C9H12.B/c1-8(2)9-6-4-3-5-7-9;/h3-8H,1-2H3;. The maximum Gasteiger partial charge on any atom is 0 e. The molecule has 1 heteroatoms. The molecule has 1 aromatic rings. The van der Waals surface area contributed by atoms with Crippen LogP contribution in [-0.2, 0) is 0 Å². The lowest BCUT2D eigenvalue weighted by atomic mass is 10.0. The molecule has 0 saturated heterocycles. The SMILES string of the molecule is CC(C)c1ccccc1.[B]. The van der Waals surface area contributed by atoms with E-state index in [4.69, 9.17) is 0 Å². The van der Waals surface area contributed by atoms with Crippen LogP contribution in [0.25, 0.3) is 0 Å². The highest BCUT2D eigenvalue weighted by molar-refractivity contribution is 5.75. The molecule has 10 heavy (non-hydrogen) atoms. The van der Waals surface area contributed by atoms with Gasteiger partial charge in [0.25, 0.3) is 0 Å². The largest absolute Gasteiger partial charge is 0.0622 e. The van der Waals surface area contributed by atoms with Crippen molar-refractivity contribution in [1.82, 2.24) is 0 Å². The molecule has 0 aliphatic heterocycles. The van der Waals surface area contributed by atoms with E-state index < -0.39 is 0 Å². The van der Waals surface area contributed by atoms with Crippen LogP contribution in [-0.4, -0.2) is 8.41 Å². The molecule has 0 aliphatic carbocycles. The molecule has 51 valence electrons. The van der Waals surface area contributed by atoms with Crippen molar-refractivity contribution in [2.75, 3.05) is 0 Å². The van der Waals surface area contributed by atoms with Crippen LogP contribution in [0.1, 0.15) is 25.3 Å². The number of hydrogen-bond donors (Lipinski definition) is 0. The maximum absolute atomic E-state index is 2.20. The lowest BCUT2D eigenvalue weighted by Crippen LogP contribution is -1.83. The van der Waals surface area contributed by atoms with Gasteiger partial charge in [0.2, 0.25) is 0 Å². The van der Waals surface area contributed by atoms with E-state index in [1.165, 1.54) is 5.56 Å². The van der Waals surface area contributed by atoms with Crippen molar-refractivity contribution < 1.29 is 0 Å². The molecule has 3 radical (unpaired) electrons. The van der Waals surface area contributed by atoms with E-state index in [0.29, 0.717) is 5.92 Å². The van der Waals surface area contributed by atoms with Gasteiger partial charge in [-0.15, -0.1) is 0 Å². The van der Waals surface area contributed by atoms with Gasteiger partial charge >= 0.3 is 0 Å². The van der Waals surface area contributed by atoms with Crippen molar-refractivity contribution in [3.8, 4) is 0 Å². The summed E-state index contributed by atoms with van der Waals surface area (Å²) in [4.78, 5) is 0. The number of hydrogen-bond acceptors (Lipinski definition) is 0. The zero-order valence-corrected chi connectivity index (χ0v) is 6.54. The lowest BCUT2D eigenvalue weighted by molar-refractivity contribution is 0.867. The summed E-state index contributed by atoms with van der Waals surface area (Å²) in [7, 11) is 0. The second kappa shape index (κ2) is 4.16. The van der Waals surface area contributed by atoms with E-state index in [9.17, 15) is 0 Å². The highest BCUT2D eigenvalue weighted by atomic mass is 14.0. The summed E-state index contributed by atoms with van der Waals surface area (Å²) in [6.07, 6.45) is 0. The van der Waals surface area contributed by atoms with Crippen molar-refractivity contribution >= 4 is 8.41 Å². The van der Waals surface area contributed by atoms with Gasteiger partial charge in [-0.3, -0.25) is 0 Å². The molecule has 0 bridgehead atoms. The molecule has 1 aromatic carbocycles. The predicted octanol–water partition coefficient (Wildman–Crippen LogP) is 2.43. The molecule has 0 aromatic heterocycles. The zero-order chi connectivity index (χ0) is 6.69. The lowest BCUT2D eigenvalue weighted by Gasteiger charge is -2.01. The fourth-order valence-corrected chi connectivity index (χ4v) is 0.838. The maximum atomic E-state index is 2.20. The molecule has 0 amide bonds. The summed E-state index contributed by atoms with van der Waals surface area (Å²) in [5, 5.41) is 0. The Morgan fingerprint density at radius 1 is 1.00 bits per heavy atom. The number of rotatable bonds is 1. The van der Waals surface area contributed by atoms with Crippen molar-refractivity contribution in [3.63, 3.8) is 0 Å². The van der Waals surface area contributed by atoms with Gasteiger partial charge in [-0.05, 0) is 11.5 Å². The van der Waals surface area contributed by atoms with Gasteiger partial charge < -0.3 is 0 Å². The smallest absolute Gasteiger partial charge is 0 e. The summed E-state index contributed by atoms with van der Waals surface area (Å²) in [6, 6.07) is 10.5. The molecule has 0 aliphatic rings. The second-order valence-corrected chi connectivity index (χ2v) is 2.57. The molecule has 0 atom stereocenters. The Hall–Kier alpha value is -0.715. The summed E-state index contributed by atoms with van der Waals surface area (Å²) in [6.45, 7) is 4.41. The molecular formula is C9H12B. The predicted molar refractivity (Wildman–Crippen MR) is 46.3 cm³/mol. The van der Waals surface area contributed by atoms with Crippen LogP contribution in [0.4, 0.5) is 0 Å². The highest BCUT2D eigenvalue weighted by Gasteiger charge is 1.93. The van der Waals surface area contributed by atoms with E-state index in [2.05, 4.69) is 38.1 Å². The van der Waals surface area contributed by atoms with Gasteiger partial charge in [0, 0.05) is 8.41 Å². The first kappa shape index (κ1) is 9.28. The van der Waals surface area contributed by atoms with Crippen LogP contribution in [0.5, 0.6) is 0 Å². The van der Waals surface area contributed by atoms with E-state index in [-0.39, 0.29) is 8.41 Å². The number of benzene rings is 1. The topological polar surface area (TPSA) is 0 Å². The van der Waals surface area contributed by atoms with Crippen molar-refractivity contribution in [2.45, 2.75) is 19.8 Å². The van der Waals surface area contributed by atoms with Crippen LogP contribution >= 0.6 is 0 Å². The normalized spacial score (nSPS) is 9.10. The Morgan fingerprint density at radius 2 is 1.50 bits per heavy atom. The van der Waals surface area contributed by atoms with Crippen LogP contribution < -0.4 is 0 Å². The average molecular weight is 131 g/mol. The molecule has 0 nitrogen and oxygen atoms in total. The Balaban J connectivity index is 0.000000810. The summed E-state index contributed by atoms with van der Waals surface area (Å²) < 4.78 is 0. The molecule has 0 saturated carbocycles. The Labute approximate surface area is 64.8 Å².